The van der Waals surface area contributed by atoms with Gasteiger partial charge < -0.3 is 24.1 Å². The van der Waals surface area contributed by atoms with Crippen LogP contribution >= 0.6 is 0 Å². The topological polar surface area (TPSA) is 57.2 Å². The summed E-state index contributed by atoms with van der Waals surface area (Å²) in [5, 5.41) is 10.4. The molecule has 0 saturated carbocycles. The number of unbranched alkanes of at least 4 members (excludes halogenated alkanes) is 1. The van der Waals surface area contributed by atoms with Crippen LogP contribution in [0.3, 0.4) is 0 Å². The van der Waals surface area contributed by atoms with Crippen LogP contribution in [-0.2, 0) is 32.2 Å². The van der Waals surface area contributed by atoms with Crippen LogP contribution < -0.4 is 0 Å². The fourth-order valence-electron chi connectivity index (χ4n) is 4.08. The summed E-state index contributed by atoms with van der Waals surface area (Å²) in [4.78, 5) is 0. The van der Waals surface area contributed by atoms with Crippen LogP contribution in [-0.4, -0.2) is 43.4 Å². The molecule has 5 nitrogen and oxygen atoms in total. The maximum absolute atomic E-state index is 10.4. The molecule has 176 valence electrons. The van der Waals surface area contributed by atoms with Crippen molar-refractivity contribution >= 4 is 0 Å². The molecule has 0 aromatic heterocycles. The second-order valence-electron chi connectivity index (χ2n) is 8.51. The van der Waals surface area contributed by atoms with E-state index in [0.717, 1.165) is 44.9 Å². The zero-order valence-corrected chi connectivity index (χ0v) is 19.2. The summed E-state index contributed by atoms with van der Waals surface area (Å²) in [6.07, 6.45) is 5.71. The van der Waals surface area contributed by atoms with Crippen molar-refractivity contribution in [3.05, 3.63) is 71.8 Å². The Balaban J connectivity index is 1.37. The minimum Gasteiger partial charge on any atom is -0.390 e. The summed E-state index contributed by atoms with van der Waals surface area (Å²) in [7, 11) is 1.65. The van der Waals surface area contributed by atoms with Crippen molar-refractivity contribution in [2.45, 2.75) is 82.8 Å². The van der Waals surface area contributed by atoms with Gasteiger partial charge >= 0.3 is 0 Å². The first-order valence-electron chi connectivity index (χ1n) is 11.9. The van der Waals surface area contributed by atoms with Crippen LogP contribution in [0.5, 0.6) is 0 Å². The predicted octanol–water partition coefficient (Wildman–Crippen LogP) is 5.25. The number of benzene rings is 2. The average molecular weight is 443 g/mol. The molecule has 1 heterocycles. The highest BCUT2D eigenvalue weighted by atomic mass is 16.7. The van der Waals surface area contributed by atoms with Crippen molar-refractivity contribution < 1.29 is 24.1 Å². The van der Waals surface area contributed by atoms with Crippen molar-refractivity contribution in [3.8, 4) is 0 Å². The quantitative estimate of drug-likeness (QED) is 0.382. The minimum absolute atomic E-state index is 0.100. The highest BCUT2D eigenvalue weighted by Gasteiger charge is 2.30. The first-order valence-corrected chi connectivity index (χ1v) is 11.9. The van der Waals surface area contributed by atoms with Crippen molar-refractivity contribution in [1.29, 1.82) is 0 Å². The van der Waals surface area contributed by atoms with E-state index in [0.29, 0.717) is 19.8 Å². The van der Waals surface area contributed by atoms with Crippen molar-refractivity contribution in [2.75, 3.05) is 13.7 Å². The molecule has 5 heteroatoms. The summed E-state index contributed by atoms with van der Waals surface area (Å²) >= 11 is 0. The zero-order chi connectivity index (χ0) is 22.4. The van der Waals surface area contributed by atoms with E-state index in [2.05, 4.69) is 24.3 Å². The second-order valence-corrected chi connectivity index (χ2v) is 8.51. The fraction of sp³-hybridized carbons (Fsp3) is 0.556. The largest absolute Gasteiger partial charge is 0.390 e. The van der Waals surface area contributed by atoms with Gasteiger partial charge in [-0.25, -0.2) is 0 Å². The highest BCUT2D eigenvalue weighted by Crippen LogP contribution is 2.25. The third kappa shape index (κ3) is 9.00. The molecule has 1 N–H and O–H groups in total. The predicted molar refractivity (Wildman–Crippen MR) is 125 cm³/mol. The van der Waals surface area contributed by atoms with Gasteiger partial charge in [0.1, 0.15) is 0 Å². The minimum atomic E-state index is -0.423. The van der Waals surface area contributed by atoms with E-state index in [-0.39, 0.29) is 18.5 Å². The molecule has 2 aromatic carbocycles. The van der Waals surface area contributed by atoms with Gasteiger partial charge in [-0.3, -0.25) is 0 Å². The zero-order valence-electron chi connectivity index (χ0n) is 19.2. The second kappa shape index (κ2) is 14.4. The van der Waals surface area contributed by atoms with Gasteiger partial charge in [0.05, 0.1) is 31.5 Å². The normalized spacial score (nSPS) is 20.3. The van der Waals surface area contributed by atoms with Gasteiger partial charge in [0.15, 0.2) is 6.29 Å². The molecule has 3 rings (SSSR count). The van der Waals surface area contributed by atoms with Crippen LogP contribution in [0.2, 0.25) is 0 Å². The molecule has 0 spiro atoms. The number of hydrogen-bond donors (Lipinski definition) is 1. The molecule has 0 aliphatic carbocycles. The van der Waals surface area contributed by atoms with E-state index < -0.39 is 6.10 Å². The number of aliphatic hydroxyl groups is 1. The molecule has 4 atom stereocenters. The first-order chi connectivity index (χ1) is 15.7. The Hall–Kier alpha value is -1.76. The fourth-order valence-corrected chi connectivity index (χ4v) is 4.08. The van der Waals surface area contributed by atoms with E-state index in [1.165, 1.54) is 11.1 Å². The lowest BCUT2D eigenvalue weighted by Crippen LogP contribution is -2.26. The van der Waals surface area contributed by atoms with Crippen LogP contribution in [0.15, 0.2) is 60.7 Å². The Morgan fingerprint density at radius 2 is 1.53 bits per heavy atom. The van der Waals surface area contributed by atoms with E-state index in [1.807, 2.05) is 36.4 Å². The first kappa shape index (κ1) is 24.9. The molecule has 2 aromatic rings. The molecule has 32 heavy (non-hydrogen) atoms. The number of methoxy groups -OCH3 is 1. The van der Waals surface area contributed by atoms with E-state index >= 15 is 0 Å². The van der Waals surface area contributed by atoms with Crippen molar-refractivity contribution in [1.82, 2.24) is 0 Å². The Morgan fingerprint density at radius 3 is 2.19 bits per heavy atom. The summed E-state index contributed by atoms with van der Waals surface area (Å²) in [6, 6.07) is 20.5. The molecule has 0 amide bonds. The monoisotopic (exact) mass is 442 g/mol. The molecule has 1 unspecified atom stereocenters. The van der Waals surface area contributed by atoms with E-state index in [9.17, 15) is 5.11 Å². The van der Waals surface area contributed by atoms with Gasteiger partial charge in [-0.1, -0.05) is 73.5 Å². The smallest absolute Gasteiger partial charge is 0.157 e. The highest BCUT2D eigenvalue weighted by molar-refractivity contribution is 5.14. The number of aliphatic hydroxyl groups excluding tert-OH is 1. The number of ether oxygens (including phenoxy) is 4. The third-order valence-corrected chi connectivity index (χ3v) is 6.01. The van der Waals surface area contributed by atoms with Crippen molar-refractivity contribution in [2.24, 2.45) is 0 Å². The molecule has 1 saturated heterocycles. The lowest BCUT2D eigenvalue weighted by molar-refractivity contribution is -0.139. The lowest BCUT2D eigenvalue weighted by Gasteiger charge is -2.20. The lowest BCUT2D eigenvalue weighted by atomic mass is 10.0. The SMILES string of the molecule is COC1CC[C@H]([C@H](O)CCCC[C@@H](CCOCc2ccccc2)OCc2ccccc2)O1. The van der Waals surface area contributed by atoms with E-state index in [4.69, 9.17) is 18.9 Å². The van der Waals surface area contributed by atoms with Gasteiger partial charge in [-0.05, 0) is 36.8 Å². The average Bonchev–Trinajstić information content (AvgIpc) is 3.33. The van der Waals surface area contributed by atoms with Gasteiger partial charge in [-0.15, -0.1) is 0 Å². The summed E-state index contributed by atoms with van der Waals surface area (Å²) < 4.78 is 23.1. The van der Waals surface area contributed by atoms with Gasteiger partial charge in [0, 0.05) is 20.1 Å². The Bertz CT molecular complexity index is 723. The summed E-state index contributed by atoms with van der Waals surface area (Å²) in [6.45, 7) is 1.91. The number of hydrogen-bond acceptors (Lipinski definition) is 5. The third-order valence-electron chi connectivity index (χ3n) is 6.01. The molecular weight excluding hydrogens is 404 g/mol. The maximum atomic E-state index is 10.4. The molecule has 1 aliphatic rings. The standard InChI is InChI=1S/C27H38O5/c1-29-27-17-16-26(32-27)25(28)15-9-8-14-24(31-21-23-12-6-3-7-13-23)18-19-30-20-22-10-4-2-5-11-22/h2-7,10-13,24-28H,8-9,14-21H2,1H3/t24-,25+,26+,27?/m0/s1. The van der Waals surface area contributed by atoms with Gasteiger partial charge in [0.25, 0.3) is 0 Å². The summed E-state index contributed by atoms with van der Waals surface area (Å²) in [5.74, 6) is 0. The van der Waals surface area contributed by atoms with Crippen LogP contribution in [0.1, 0.15) is 56.1 Å². The van der Waals surface area contributed by atoms with E-state index in [1.54, 1.807) is 7.11 Å². The molecule has 0 radical (unpaired) electrons. The Morgan fingerprint density at radius 1 is 0.875 bits per heavy atom. The Kier molecular flexibility index (Phi) is 11.2. The number of rotatable bonds is 15. The molecular formula is C27H38O5. The molecule has 0 bridgehead atoms. The van der Waals surface area contributed by atoms with Crippen LogP contribution in [0.4, 0.5) is 0 Å². The van der Waals surface area contributed by atoms with Crippen LogP contribution in [0, 0.1) is 0 Å². The molecule has 1 aliphatic heterocycles. The van der Waals surface area contributed by atoms with Crippen LogP contribution in [0.25, 0.3) is 0 Å². The van der Waals surface area contributed by atoms with Gasteiger partial charge in [-0.2, -0.15) is 0 Å². The van der Waals surface area contributed by atoms with Gasteiger partial charge in [0.2, 0.25) is 0 Å². The maximum Gasteiger partial charge on any atom is 0.157 e. The molecule has 1 fully saturated rings. The summed E-state index contributed by atoms with van der Waals surface area (Å²) in [5.41, 5.74) is 2.37. The Labute approximate surface area is 192 Å². The van der Waals surface area contributed by atoms with Crippen molar-refractivity contribution in [3.63, 3.8) is 0 Å².